The molecule has 1 spiro atoms. The Hall–Kier alpha value is -0.730. The van der Waals surface area contributed by atoms with Crippen molar-refractivity contribution in [2.75, 3.05) is 13.6 Å². The summed E-state index contributed by atoms with van der Waals surface area (Å²) >= 11 is 0. The number of likely N-dealkylation sites (N-methyl/N-ethyl adjacent to an activating group) is 1. The Balaban J connectivity index is 2.18. The highest BCUT2D eigenvalue weighted by molar-refractivity contribution is 5.80. The highest BCUT2D eigenvalue weighted by atomic mass is 15.3. The molecular weight excluding hydrogens is 174 g/mol. The van der Waals surface area contributed by atoms with Gasteiger partial charge in [-0.15, -0.1) is 0 Å². The number of hydrogen-bond donors (Lipinski definition) is 1. The number of rotatable bonds is 0. The largest absolute Gasteiger partial charge is 0.370 e. The average molecular weight is 195 g/mol. The molecule has 3 unspecified atom stereocenters. The molecule has 0 amide bonds. The minimum Gasteiger partial charge on any atom is -0.370 e. The highest BCUT2D eigenvalue weighted by Crippen LogP contribution is 2.42. The second kappa shape index (κ2) is 3.14. The van der Waals surface area contributed by atoms with Crippen LogP contribution in [-0.4, -0.2) is 30.0 Å². The molecule has 0 radical (unpaired) electrons. The molecule has 3 atom stereocenters. The second-order valence-electron chi connectivity index (χ2n) is 5.12. The zero-order valence-corrected chi connectivity index (χ0v) is 9.45. The Bertz CT molecular complexity index is 261. The molecule has 80 valence electrons. The third kappa shape index (κ3) is 1.22. The van der Waals surface area contributed by atoms with Gasteiger partial charge in [-0.2, -0.15) is 0 Å². The summed E-state index contributed by atoms with van der Waals surface area (Å²) in [5.41, 5.74) is 6.10. The van der Waals surface area contributed by atoms with Gasteiger partial charge in [0.05, 0.1) is 12.1 Å². The number of nitrogens with zero attached hydrogens (tertiary/aromatic N) is 2. The van der Waals surface area contributed by atoms with Crippen molar-refractivity contribution in [3.8, 4) is 0 Å². The van der Waals surface area contributed by atoms with Crippen LogP contribution in [-0.2, 0) is 0 Å². The van der Waals surface area contributed by atoms with Gasteiger partial charge in [0, 0.05) is 7.05 Å². The van der Waals surface area contributed by atoms with Crippen molar-refractivity contribution in [3.63, 3.8) is 0 Å². The molecule has 1 saturated carbocycles. The third-order valence-electron chi connectivity index (χ3n) is 4.27. The van der Waals surface area contributed by atoms with E-state index in [2.05, 4.69) is 30.8 Å². The fourth-order valence-electron chi connectivity index (χ4n) is 3.07. The van der Waals surface area contributed by atoms with Crippen molar-refractivity contribution in [1.29, 1.82) is 0 Å². The van der Waals surface area contributed by atoms with E-state index in [0.29, 0.717) is 5.92 Å². The monoisotopic (exact) mass is 195 g/mol. The lowest BCUT2D eigenvalue weighted by Crippen LogP contribution is -2.55. The molecule has 1 aliphatic carbocycles. The second-order valence-corrected chi connectivity index (χ2v) is 5.12. The average Bonchev–Trinajstić information content (AvgIpc) is 2.42. The predicted octanol–water partition coefficient (Wildman–Crippen LogP) is 1.44. The molecule has 3 heteroatoms. The van der Waals surface area contributed by atoms with Crippen LogP contribution in [0.25, 0.3) is 0 Å². The molecule has 1 aliphatic heterocycles. The van der Waals surface area contributed by atoms with Crippen LogP contribution in [0.1, 0.15) is 33.1 Å². The maximum atomic E-state index is 5.86. The Morgan fingerprint density at radius 3 is 2.71 bits per heavy atom. The molecule has 1 heterocycles. The summed E-state index contributed by atoms with van der Waals surface area (Å²) in [6, 6.07) is 0. The Labute approximate surface area is 86.4 Å². The smallest absolute Gasteiger partial charge is 0.191 e. The van der Waals surface area contributed by atoms with E-state index < -0.39 is 0 Å². The molecule has 2 rings (SSSR count). The van der Waals surface area contributed by atoms with Gasteiger partial charge in [-0.1, -0.05) is 13.8 Å². The van der Waals surface area contributed by atoms with Crippen LogP contribution in [0.2, 0.25) is 0 Å². The first-order chi connectivity index (χ1) is 6.56. The Kier molecular flexibility index (Phi) is 2.20. The van der Waals surface area contributed by atoms with E-state index in [1.165, 1.54) is 19.3 Å². The molecule has 3 nitrogen and oxygen atoms in total. The summed E-state index contributed by atoms with van der Waals surface area (Å²) in [7, 11) is 2.10. The SMILES string of the molecule is CC1CCC2(CN=C(N)N2C)C(C)C1. The van der Waals surface area contributed by atoms with Crippen molar-refractivity contribution in [2.24, 2.45) is 22.6 Å². The van der Waals surface area contributed by atoms with E-state index in [1.807, 2.05) is 0 Å². The Morgan fingerprint density at radius 1 is 1.50 bits per heavy atom. The summed E-state index contributed by atoms with van der Waals surface area (Å²) in [5.74, 6) is 2.30. The lowest BCUT2D eigenvalue weighted by molar-refractivity contribution is 0.0780. The van der Waals surface area contributed by atoms with Crippen LogP contribution in [0.15, 0.2) is 4.99 Å². The van der Waals surface area contributed by atoms with E-state index in [1.54, 1.807) is 0 Å². The molecule has 0 saturated heterocycles. The maximum absolute atomic E-state index is 5.86. The van der Waals surface area contributed by atoms with Crippen LogP contribution in [0.4, 0.5) is 0 Å². The van der Waals surface area contributed by atoms with Crippen LogP contribution in [0.5, 0.6) is 0 Å². The fourth-order valence-corrected chi connectivity index (χ4v) is 3.07. The zero-order valence-electron chi connectivity index (χ0n) is 9.45. The van der Waals surface area contributed by atoms with Crippen molar-refractivity contribution in [3.05, 3.63) is 0 Å². The lowest BCUT2D eigenvalue weighted by Gasteiger charge is -2.46. The molecule has 1 fully saturated rings. The summed E-state index contributed by atoms with van der Waals surface area (Å²) in [6.07, 6.45) is 3.88. The number of aliphatic imine (C=N–C) groups is 1. The van der Waals surface area contributed by atoms with Gasteiger partial charge in [-0.3, -0.25) is 4.99 Å². The topological polar surface area (TPSA) is 41.6 Å². The zero-order chi connectivity index (χ0) is 10.3. The molecular formula is C11H21N3. The first-order valence-corrected chi connectivity index (χ1v) is 5.60. The van der Waals surface area contributed by atoms with E-state index in [4.69, 9.17) is 5.73 Å². The number of guanidine groups is 1. The summed E-state index contributed by atoms with van der Waals surface area (Å²) in [4.78, 5) is 6.60. The van der Waals surface area contributed by atoms with E-state index in [0.717, 1.165) is 18.4 Å². The van der Waals surface area contributed by atoms with Crippen molar-refractivity contribution in [2.45, 2.75) is 38.6 Å². The van der Waals surface area contributed by atoms with Crippen molar-refractivity contribution < 1.29 is 0 Å². The van der Waals surface area contributed by atoms with Crippen LogP contribution >= 0.6 is 0 Å². The van der Waals surface area contributed by atoms with E-state index in [-0.39, 0.29) is 5.54 Å². The van der Waals surface area contributed by atoms with Gasteiger partial charge in [-0.25, -0.2) is 0 Å². The molecule has 0 aromatic rings. The van der Waals surface area contributed by atoms with Gasteiger partial charge < -0.3 is 10.6 Å². The standard InChI is InChI=1S/C11H21N3/c1-8-4-5-11(9(2)6-8)7-13-10(12)14(11)3/h8-9H,4-7H2,1-3H3,(H2,12,13). The molecule has 0 bridgehead atoms. The summed E-state index contributed by atoms with van der Waals surface area (Å²) in [5, 5.41) is 0. The van der Waals surface area contributed by atoms with Gasteiger partial charge in [-0.05, 0) is 31.1 Å². The first kappa shape index (κ1) is 9.81. The van der Waals surface area contributed by atoms with Gasteiger partial charge in [0.2, 0.25) is 0 Å². The molecule has 14 heavy (non-hydrogen) atoms. The summed E-state index contributed by atoms with van der Waals surface area (Å²) in [6.45, 7) is 5.60. The summed E-state index contributed by atoms with van der Waals surface area (Å²) < 4.78 is 0. The van der Waals surface area contributed by atoms with Crippen molar-refractivity contribution >= 4 is 5.96 Å². The molecule has 0 aromatic heterocycles. The quantitative estimate of drug-likeness (QED) is 0.635. The van der Waals surface area contributed by atoms with Gasteiger partial charge in [0.15, 0.2) is 5.96 Å². The number of hydrogen-bond acceptors (Lipinski definition) is 3. The Morgan fingerprint density at radius 2 is 2.21 bits per heavy atom. The minimum absolute atomic E-state index is 0.247. The molecule has 2 aliphatic rings. The number of nitrogens with two attached hydrogens (primary N) is 1. The molecule has 0 aromatic carbocycles. The molecule has 2 N–H and O–H groups in total. The normalized spacial score (nSPS) is 43.1. The van der Waals surface area contributed by atoms with Crippen LogP contribution in [0, 0.1) is 11.8 Å². The lowest BCUT2D eigenvalue weighted by atomic mass is 9.69. The van der Waals surface area contributed by atoms with Gasteiger partial charge in [0.1, 0.15) is 0 Å². The first-order valence-electron chi connectivity index (χ1n) is 5.60. The third-order valence-corrected chi connectivity index (χ3v) is 4.27. The fraction of sp³-hybridized carbons (Fsp3) is 0.909. The minimum atomic E-state index is 0.247. The predicted molar refractivity (Wildman–Crippen MR) is 59.2 cm³/mol. The van der Waals surface area contributed by atoms with Gasteiger partial charge in [0.25, 0.3) is 0 Å². The van der Waals surface area contributed by atoms with E-state index >= 15 is 0 Å². The van der Waals surface area contributed by atoms with Crippen LogP contribution < -0.4 is 5.73 Å². The van der Waals surface area contributed by atoms with Crippen molar-refractivity contribution in [1.82, 2.24) is 4.90 Å². The van der Waals surface area contributed by atoms with Crippen LogP contribution in [0.3, 0.4) is 0 Å². The van der Waals surface area contributed by atoms with E-state index in [9.17, 15) is 0 Å². The highest BCUT2D eigenvalue weighted by Gasteiger charge is 2.46. The van der Waals surface area contributed by atoms with Gasteiger partial charge >= 0.3 is 0 Å². The maximum Gasteiger partial charge on any atom is 0.191 e.